The lowest BCUT2D eigenvalue weighted by Gasteiger charge is -2.14. The number of carbonyl (C=O) groups excluding carboxylic acids is 2. The molecule has 0 atom stereocenters. The molecular weight excluding hydrogens is 492 g/mol. The van der Waals surface area contributed by atoms with Crippen molar-refractivity contribution in [1.82, 2.24) is 0 Å². The van der Waals surface area contributed by atoms with Crippen molar-refractivity contribution in [1.29, 1.82) is 0 Å². The van der Waals surface area contributed by atoms with Gasteiger partial charge in [0.05, 0.1) is 17.7 Å². The molecule has 1 saturated heterocycles. The number of benzene rings is 3. The van der Waals surface area contributed by atoms with Crippen LogP contribution in [0.15, 0.2) is 71.6 Å². The number of rotatable bonds is 8. The fraction of sp³-hybridized carbons (Fsp3) is 0.179. The van der Waals surface area contributed by atoms with Crippen molar-refractivity contribution in [2.75, 3.05) is 23.9 Å². The van der Waals surface area contributed by atoms with E-state index in [1.54, 1.807) is 24.3 Å². The van der Waals surface area contributed by atoms with E-state index in [2.05, 4.69) is 5.32 Å². The maximum atomic E-state index is 13.0. The minimum atomic E-state index is -0.262. The summed E-state index contributed by atoms with van der Waals surface area (Å²) in [6.07, 6.45) is 2.59. The van der Waals surface area contributed by atoms with Crippen molar-refractivity contribution < 1.29 is 19.1 Å². The molecule has 0 radical (unpaired) electrons. The van der Waals surface area contributed by atoms with Gasteiger partial charge >= 0.3 is 0 Å². The number of para-hydroxylation sites is 1. The molecule has 1 N–H and O–H groups in total. The number of nitrogens with zero attached hydrogens (tertiary/aromatic N) is 1. The lowest BCUT2D eigenvalue weighted by Crippen LogP contribution is -2.27. The van der Waals surface area contributed by atoms with Gasteiger partial charge < -0.3 is 14.8 Å². The van der Waals surface area contributed by atoms with Crippen molar-refractivity contribution in [3.8, 4) is 11.5 Å². The molecule has 3 aromatic carbocycles. The first kappa shape index (κ1) is 25.5. The van der Waals surface area contributed by atoms with Crippen LogP contribution in [-0.4, -0.2) is 29.9 Å². The molecular formula is C28H26N2O4S2. The normalized spacial score (nSPS) is 14.3. The SMILES string of the molecule is CCc1ccccc1NC(=O)COc1ccc(/C=C2\SC(=S)N(c3ccc(C)cc3)C2=O)cc1OC. The van der Waals surface area contributed by atoms with Crippen LogP contribution < -0.4 is 19.7 Å². The van der Waals surface area contributed by atoms with E-state index in [0.717, 1.165) is 34.5 Å². The van der Waals surface area contributed by atoms with Gasteiger partial charge in [0.25, 0.3) is 11.8 Å². The molecule has 1 aliphatic heterocycles. The van der Waals surface area contributed by atoms with Crippen LogP contribution >= 0.6 is 24.0 Å². The Balaban J connectivity index is 1.45. The van der Waals surface area contributed by atoms with Gasteiger partial charge in [-0.05, 0) is 60.9 Å². The van der Waals surface area contributed by atoms with E-state index in [4.69, 9.17) is 21.7 Å². The number of thiocarbonyl (C=S) groups is 1. The van der Waals surface area contributed by atoms with E-state index in [-0.39, 0.29) is 18.4 Å². The molecule has 0 spiro atoms. The van der Waals surface area contributed by atoms with E-state index in [0.29, 0.717) is 20.7 Å². The molecule has 0 saturated carbocycles. The number of hydrogen-bond acceptors (Lipinski definition) is 6. The standard InChI is InChI=1S/C28H26N2O4S2/c1-4-20-7-5-6-8-22(20)29-26(31)17-34-23-14-11-19(15-24(23)33-3)16-25-27(32)30(28(35)36-25)21-12-9-18(2)10-13-21/h5-16H,4,17H2,1-3H3,(H,29,31)/b25-16-. The second-order valence-corrected chi connectivity index (χ2v) is 9.79. The van der Waals surface area contributed by atoms with Gasteiger partial charge in [-0.15, -0.1) is 0 Å². The molecule has 1 heterocycles. The van der Waals surface area contributed by atoms with Crippen molar-refractivity contribution >= 4 is 57.6 Å². The summed E-state index contributed by atoms with van der Waals surface area (Å²) in [5.41, 5.74) is 4.44. The summed E-state index contributed by atoms with van der Waals surface area (Å²) < 4.78 is 11.7. The number of aryl methyl sites for hydroxylation is 2. The van der Waals surface area contributed by atoms with Crippen LogP contribution in [-0.2, 0) is 16.0 Å². The van der Waals surface area contributed by atoms with Gasteiger partial charge in [0.15, 0.2) is 22.4 Å². The molecule has 184 valence electrons. The molecule has 0 bridgehead atoms. The maximum Gasteiger partial charge on any atom is 0.270 e. The fourth-order valence-electron chi connectivity index (χ4n) is 3.71. The average molecular weight is 519 g/mol. The average Bonchev–Trinajstić information content (AvgIpc) is 3.16. The van der Waals surface area contributed by atoms with Crippen LogP contribution in [0.5, 0.6) is 11.5 Å². The van der Waals surface area contributed by atoms with Crippen molar-refractivity contribution in [2.45, 2.75) is 20.3 Å². The first-order valence-electron chi connectivity index (χ1n) is 11.4. The van der Waals surface area contributed by atoms with Gasteiger partial charge in [0.2, 0.25) is 0 Å². The monoisotopic (exact) mass is 518 g/mol. The molecule has 2 amide bonds. The molecule has 0 aromatic heterocycles. The molecule has 1 fully saturated rings. The second-order valence-electron chi connectivity index (χ2n) is 8.11. The van der Waals surface area contributed by atoms with E-state index >= 15 is 0 Å². The molecule has 0 aliphatic carbocycles. The molecule has 36 heavy (non-hydrogen) atoms. The quantitative estimate of drug-likeness (QED) is 0.292. The number of amides is 2. The summed E-state index contributed by atoms with van der Waals surface area (Å²) in [6.45, 7) is 3.87. The van der Waals surface area contributed by atoms with Crippen LogP contribution in [0, 0.1) is 6.92 Å². The molecule has 4 rings (SSSR count). The van der Waals surface area contributed by atoms with Crippen molar-refractivity contribution in [2.24, 2.45) is 0 Å². The van der Waals surface area contributed by atoms with Crippen LogP contribution in [0.4, 0.5) is 11.4 Å². The van der Waals surface area contributed by atoms with E-state index in [1.807, 2.05) is 62.4 Å². The second kappa shape index (κ2) is 11.4. The Labute approximate surface area is 220 Å². The van der Waals surface area contributed by atoms with Crippen LogP contribution in [0.1, 0.15) is 23.6 Å². The number of carbonyl (C=O) groups is 2. The number of anilines is 2. The lowest BCUT2D eigenvalue weighted by molar-refractivity contribution is -0.118. The predicted molar refractivity (Wildman–Crippen MR) is 150 cm³/mol. The van der Waals surface area contributed by atoms with Crippen LogP contribution in [0.2, 0.25) is 0 Å². The Morgan fingerprint density at radius 1 is 1.08 bits per heavy atom. The van der Waals surface area contributed by atoms with Crippen molar-refractivity contribution in [3.05, 3.63) is 88.3 Å². The Kier molecular flexibility index (Phi) is 8.07. The first-order valence-corrected chi connectivity index (χ1v) is 12.6. The maximum absolute atomic E-state index is 13.0. The first-order chi connectivity index (χ1) is 17.4. The minimum absolute atomic E-state index is 0.164. The van der Waals surface area contributed by atoms with Gasteiger partial charge in [0, 0.05) is 5.69 Å². The van der Waals surface area contributed by atoms with Gasteiger partial charge in [-0.2, -0.15) is 0 Å². The summed E-state index contributed by atoms with van der Waals surface area (Å²) in [5.74, 6) is 0.458. The zero-order valence-electron chi connectivity index (χ0n) is 20.2. The molecule has 0 unspecified atom stereocenters. The Hall–Kier alpha value is -3.62. The third-order valence-corrected chi connectivity index (χ3v) is 6.90. The zero-order valence-corrected chi connectivity index (χ0v) is 21.9. The Morgan fingerprint density at radius 3 is 2.56 bits per heavy atom. The molecule has 3 aromatic rings. The fourth-order valence-corrected chi connectivity index (χ4v) is 5.01. The summed E-state index contributed by atoms with van der Waals surface area (Å²) in [4.78, 5) is 27.5. The number of nitrogens with one attached hydrogen (secondary N) is 1. The van der Waals surface area contributed by atoms with E-state index in [1.165, 1.54) is 23.8 Å². The highest BCUT2D eigenvalue weighted by Gasteiger charge is 2.33. The third-order valence-electron chi connectivity index (χ3n) is 5.60. The summed E-state index contributed by atoms with van der Waals surface area (Å²) in [6, 6.07) is 20.6. The van der Waals surface area contributed by atoms with Gasteiger partial charge in [-0.25, -0.2) is 0 Å². The predicted octanol–water partition coefficient (Wildman–Crippen LogP) is 5.99. The zero-order chi connectivity index (χ0) is 25.7. The molecule has 1 aliphatic rings. The van der Waals surface area contributed by atoms with Gasteiger partial charge in [-0.3, -0.25) is 14.5 Å². The van der Waals surface area contributed by atoms with Crippen molar-refractivity contribution in [3.63, 3.8) is 0 Å². The minimum Gasteiger partial charge on any atom is -0.493 e. The largest absolute Gasteiger partial charge is 0.493 e. The number of hydrogen-bond donors (Lipinski definition) is 1. The van der Waals surface area contributed by atoms with Gasteiger partial charge in [-0.1, -0.05) is 72.9 Å². The molecule has 6 nitrogen and oxygen atoms in total. The lowest BCUT2D eigenvalue weighted by atomic mass is 10.1. The Bertz CT molecular complexity index is 1340. The van der Waals surface area contributed by atoms with Crippen LogP contribution in [0.25, 0.3) is 6.08 Å². The highest BCUT2D eigenvalue weighted by molar-refractivity contribution is 8.27. The number of thioether (sulfide) groups is 1. The third kappa shape index (κ3) is 5.78. The van der Waals surface area contributed by atoms with E-state index < -0.39 is 0 Å². The topological polar surface area (TPSA) is 67.9 Å². The summed E-state index contributed by atoms with van der Waals surface area (Å²) in [7, 11) is 1.53. The molecule has 8 heteroatoms. The van der Waals surface area contributed by atoms with E-state index in [9.17, 15) is 9.59 Å². The highest BCUT2D eigenvalue weighted by Crippen LogP contribution is 2.37. The van der Waals surface area contributed by atoms with Crippen LogP contribution in [0.3, 0.4) is 0 Å². The number of methoxy groups -OCH3 is 1. The number of ether oxygens (including phenoxy) is 2. The Morgan fingerprint density at radius 2 is 1.83 bits per heavy atom. The van der Waals surface area contributed by atoms with Gasteiger partial charge in [0.1, 0.15) is 0 Å². The highest BCUT2D eigenvalue weighted by atomic mass is 32.2. The summed E-state index contributed by atoms with van der Waals surface area (Å²) >= 11 is 6.72. The smallest absolute Gasteiger partial charge is 0.270 e. The summed E-state index contributed by atoms with van der Waals surface area (Å²) in [5, 5.41) is 2.89.